The van der Waals surface area contributed by atoms with Gasteiger partial charge in [-0.25, -0.2) is 18.2 Å². The van der Waals surface area contributed by atoms with Gasteiger partial charge in [-0.05, 0) is 54.8 Å². The Morgan fingerprint density at radius 2 is 1.89 bits per heavy atom. The summed E-state index contributed by atoms with van der Waals surface area (Å²) in [5.41, 5.74) is 1.91. The maximum absolute atomic E-state index is 14.6. The second-order valence-electron chi connectivity index (χ2n) is 8.72. The van der Waals surface area contributed by atoms with Crippen LogP contribution in [0.1, 0.15) is 29.0 Å². The zero-order valence-electron chi connectivity index (χ0n) is 19.3. The van der Waals surface area contributed by atoms with Crippen LogP contribution in [0.25, 0.3) is 0 Å². The molecule has 1 amide bonds. The summed E-state index contributed by atoms with van der Waals surface area (Å²) in [5, 5.41) is 2.30. The van der Waals surface area contributed by atoms with Gasteiger partial charge in [-0.15, -0.1) is 0 Å². The first-order valence-corrected chi connectivity index (χ1v) is 12.0. The number of allylic oxidation sites excluding steroid dienone is 2. The number of amides is 1. The average Bonchev–Trinajstić information content (AvgIpc) is 3.62. The number of epoxide rings is 1. The monoisotopic (exact) mass is 546 g/mol. The van der Waals surface area contributed by atoms with Crippen molar-refractivity contribution in [1.82, 2.24) is 4.98 Å². The molecule has 0 saturated carbocycles. The van der Waals surface area contributed by atoms with E-state index in [0.29, 0.717) is 5.69 Å². The Balaban J connectivity index is 1.49. The number of aromatic nitrogens is 1. The normalized spacial score (nSPS) is 20.6. The Morgan fingerprint density at radius 1 is 1.11 bits per heavy atom. The minimum atomic E-state index is -1.47. The van der Waals surface area contributed by atoms with Crippen LogP contribution >= 0.6 is 23.2 Å². The summed E-state index contributed by atoms with van der Waals surface area (Å²) >= 11 is 11.9. The molecule has 10 heteroatoms. The van der Waals surface area contributed by atoms with Gasteiger partial charge in [-0.2, -0.15) is 0 Å². The molecule has 2 aromatic carbocycles. The van der Waals surface area contributed by atoms with E-state index in [1.807, 2.05) is 13.0 Å². The lowest BCUT2D eigenvalue weighted by Crippen LogP contribution is -2.24. The quantitative estimate of drug-likeness (QED) is 0.268. The van der Waals surface area contributed by atoms with Crippen molar-refractivity contribution >= 4 is 34.8 Å². The number of carbonyl (C=O) groups is 1. The first-order valence-electron chi connectivity index (χ1n) is 11.3. The average molecular weight is 547 g/mol. The minimum Gasteiger partial charge on any atom is -0.455 e. The first kappa shape index (κ1) is 25.3. The molecule has 190 valence electrons. The van der Waals surface area contributed by atoms with E-state index >= 15 is 0 Å². The Hall–Kier alpha value is -3.33. The maximum atomic E-state index is 14.6. The number of nitrogens with one attached hydrogen (secondary N) is 1. The summed E-state index contributed by atoms with van der Waals surface area (Å²) in [6, 6.07) is 11.6. The number of hydrogen-bond acceptors (Lipinski definition) is 4. The molecule has 0 spiro atoms. The Labute approximate surface area is 220 Å². The number of aryl methyl sites for hydroxylation is 1. The zero-order chi connectivity index (χ0) is 26.3. The third-order valence-electron chi connectivity index (χ3n) is 6.05. The summed E-state index contributed by atoms with van der Waals surface area (Å²) in [6.45, 7) is 1.91. The van der Waals surface area contributed by atoms with Crippen molar-refractivity contribution in [2.24, 2.45) is 0 Å². The molecule has 2 unspecified atom stereocenters. The maximum Gasteiger partial charge on any atom is 0.264 e. The molecule has 5 rings (SSSR count). The number of nitrogens with zero attached hydrogens (tertiary/aromatic N) is 1. The van der Waals surface area contributed by atoms with E-state index in [1.165, 1.54) is 6.07 Å². The van der Waals surface area contributed by atoms with E-state index in [2.05, 4.69) is 10.3 Å². The van der Waals surface area contributed by atoms with Gasteiger partial charge < -0.3 is 14.8 Å². The van der Waals surface area contributed by atoms with Crippen LogP contribution in [0.2, 0.25) is 10.3 Å². The molecular weight excluding hydrogens is 528 g/mol. The van der Waals surface area contributed by atoms with Gasteiger partial charge in [-0.1, -0.05) is 47.5 Å². The number of hydrogen-bond donors (Lipinski definition) is 1. The van der Waals surface area contributed by atoms with Crippen molar-refractivity contribution in [3.05, 3.63) is 116 Å². The topological polar surface area (TPSA) is 63.8 Å². The lowest BCUT2D eigenvalue weighted by molar-refractivity contribution is -0.113. The predicted molar refractivity (Wildman–Crippen MR) is 133 cm³/mol. The lowest BCUT2D eigenvalue weighted by atomic mass is 9.88. The molecule has 1 aliphatic heterocycles. The molecule has 2 aliphatic rings. The van der Waals surface area contributed by atoms with Crippen LogP contribution in [-0.2, 0) is 20.1 Å². The van der Waals surface area contributed by atoms with Crippen molar-refractivity contribution in [3.63, 3.8) is 0 Å². The number of rotatable bonds is 6. The van der Waals surface area contributed by atoms with Crippen LogP contribution < -0.4 is 5.32 Å². The molecule has 1 fully saturated rings. The standard InChI is InChI=1S/C27H19Cl2F3N2O3/c1-14-3-2-4-17(9-14)33-26(35)19-10-15(18-7-6-16(30)11-21(18)31)5-8-23(19)37-27(13-36-27)20-12-22(32)25(29)34-24(20)28/h2-4,6-12,15H,5,13H2,1H3,(H,33,35). The van der Waals surface area contributed by atoms with Gasteiger partial charge in [0.2, 0.25) is 0 Å². The third-order valence-corrected chi connectivity index (χ3v) is 6.60. The van der Waals surface area contributed by atoms with Crippen LogP contribution in [-0.4, -0.2) is 17.5 Å². The third kappa shape index (κ3) is 5.23. The fourth-order valence-corrected chi connectivity index (χ4v) is 4.61. The van der Waals surface area contributed by atoms with E-state index in [4.69, 9.17) is 32.7 Å². The number of carbonyl (C=O) groups excluding carboxylic acids is 1. The number of pyridine rings is 1. The van der Waals surface area contributed by atoms with Gasteiger partial charge >= 0.3 is 0 Å². The fourth-order valence-electron chi connectivity index (χ4n) is 4.15. The molecular formula is C27H19Cl2F3N2O3. The molecule has 1 aromatic heterocycles. The van der Waals surface area contributed by atoms with Crippen LogP contribution in [0.5, 0.6) is 0 Å². The predicted octanol–water partition coefficient (Wildman–Crippen LogP) is 6.95. The highest BCUT2D eigenvalue weighted by Crippen LogP contribution is 2.47. The highest BCUT2D eigenvalue weighted by Gasteiger charge is 2.53. The Morgan fingerprint density at radius 3 is 2.59 bits per heavy atom. The van der Waals surface area contributed by atoms with Gasteiger partial charge in [0.05, 0.1) is 11.1 Å². The van der Waals surface area contributed by atoms with E-state index in [0.717, 1.165) is 23.8 Å². The van der Waals surface area contributed by atoms with Gasteiger partial charge in [0.25, 0.3) is 11.7 Å². The molecule has 0 radical (unpaired) electrons. The van der Waals surface area contributed by atoms with E-state index in [9.17, 15) is 18.0 Å². The van der Waals surface area contributed by atoms with Crippen LogP contribution in [0.15, 0.2) is 72.0 Å². The van der Waals surface area contributed by atoms with Crippen molar-refractivity contribution in [2.75, 3.05) is 11.9 Å². The largest absolute Gasteiger partial charge is 0.455 e. The van der Waals surface area contributed by atoms with Gasteiger partial charge in [0, 0.05) is 17.7 Å². The summed E-state index contributed by atoms with van der Waals surface area (Å²) in [6.07, 6.45) is 3.40. The van der Waals surface area contributed by atoms with Crippen LogP contribution in [0, 0.1) is 24.4 Å². The van der Waals surface area contributed by atoms with E-state index in [1.54, 1.807) is 30.4 Å². The van der Waals surface area contributed by atoms with Crippen molar-refractivity contribution in [1.29, 1.82) is 0 Å². The van der Waals surface area contributed by atoms with Crippen LogP contribution in [0.3, 0.4) is 0 Å². The molecule has 37 heavy (non-hydrogen) atoms. The molecule has 0 bridgehead atoms. The summed E-state index contributed by atoms with van der Waals surface area (Å²) in [7, 11) is 0. The van der Waals surface area contributed by atoms with Crippen molar-refractivity contribution in [3.8, 4) is 0 Å². The van der Waals surface area contributed by atoms with Gasteiger partial charge in [0.1, 0.15) is 29.2 Å². The molecule has 5 nitrogen and oxygen atoms in total. The Kier molecular flexibility index (Phi) is 6.74. The summed E-state index contributed by atoms with van der Waals surface area (Å²) < 4.78 is 53.8. The minimum absolute atomic E-state index is 0.0234. The van der Waals surface area contributed by atoms with Crippen molar-refractivity contribution < 1.29 is 27.4 Å². The molecule has 1 aliphatic carbocycles. The number of benzene rings is 2. The zero-order valence-corrected chi connectivity index (χ0v) is 20.8. The van der Waals surface area contributed by atoms with Crippen LogP contribution in [0.4, 0.5) is 18.9 Å². The van der Waals surface area contributed by atoms with Gasteiger partial charge in [-0.3, -0.25) is 4.79 Å². The lowest BCUT2D eigenvalue weighted by Gasteiger charge is -2.25. The summed E-state index contributed by atoms with van der Waals surface area (Å²) in [4.78, 5) is 17.2. The highest BCUT2D eigenvalue weighted by molar-refractivity contribution is 6.33. The van der Waals surface area contributed by atoms with Crippen molar-refractivity contribution in [2.45, 2.75) is 25.0 Å². The fraction of sp³-hybridized carbons (Fsp3) is 0.185. The number of ether oxygens (including phenoxy) is 2. The molecule has 1 saturated heterocycles. The molecule has 2 atom stereocenters. The number of anilines is 1. The van der Waals surface area contributed by atoms with E-state index in [-0.39, 0.29) is 40.6 Å². The Bertz CT molecular complexity index is 1470. The number of halogens is 5. The molecule has 1 N–H and O–H groups in total. The molecule has 2 heterocycles. The second kappa shape index (κ2) is 9.85. The smallest absolute Gasteiger partial charge is 0.264 e. The van der Waals surface area contributed by atoms with Gasteiger partial charge in [0.15, 0.2) is 11.0 Å². The first-order chi connectivity index (χ1) is 17.6. The highest BCUT2D eigenvalue weighted by atomic mass is 35.5. The SMILES string of the molecule is Cc1cccc(NC(=O)C2=CC(c3ccc(F)cc3F)CC=C2OC2(c3cc(F)c(Cl)nc3Cl)CO2)c1. The second-order valence-corrected chi connectivity index (χ2v) is 9.44. The summed E-state index contributed by atoms with van der Waals surface area (Å²) in [5.74, 6) is -4.67. The molecule has 3 aromatic rings. The van der Waals surface area contributed by atoms with E-state index < -0.39 is 40.2 Å².